The quantitative estimate of drug-likeness (QED) is 0.698. The van der Waals surface area contributed by atoms with E-state index in [4.69, 9.17) is 0 Å². The number of halogens is 2. The van der Waals surface area contributed by atoms with E-state index in [1.165, 1.54) is 7.11 Å². The highest BCUT2D eigenvalue weighted by Gasteiger charge is 2.15. The fourth-order valence-electron chi connectivity index (χ4n) is 2.06. The van der Waals surface area contributed by atoms with Crippen LogP contribution >= 0.6 is 15.9 Å². The van der Waals surface area contributed by atoms with Gasteiger partial charge in [0.2, 0.25) is 0 Å². The molecule has 96 valence electrons. The summed E-state index contributed by atoms with van der Waals surface area (Å²) in [6.07, 6.45) is 1.60. The van der Waals surface area contributed by atoms with Crippen molar-refractivity contribution >= 4 is 43.8 Å². The van der Waals surface area contributed by atoms with Gasteiger partial charge in [-0.1, -0.05) is 0 Å². The lowest BCUT2D eigenvalue weighted by atomic mass is 10.1. The lowest BCUT2D eigenvalue weighted by Gasteiger charge is -2.00. The van der Waals surface area contributed by atoms with Crippen molar-refractivity contribution in [3.05, 3.63) is 40.2 Å². The molecule has 3 rings (SSSR count). The van der Waals surface area contributed by atoms with Gasteiger partial charge < -0.3 is 9.72 Å². The Labute approximate surface area is 115 Å². The summed E-state index contributed by atoms with van der Waals surface area (Å²) in [6, 6.07) is 4.52. The summed E-state index contributed by atoms with van der Waals surface area (Å²) in [5.41, 5.74) is 1.91. The van der Waals surface area contributed by atoms with Gasteiger partial charge in [0, 0.05) is 10.7 Å². The summed E-state index contributed by atoms with van der Waals surface area (Å²) in [5.74, 6) is -1.08. The molecule has 0 aliphatic carbocycles. The second-order valence-electron chi connectivity index (χ2n) is 4.05. The van der Waals surface area contributed by atoms with E-state index in [1.807, 2.05) is 0 Å². The van der Waals surface area contributed by atoms with Crippen molar-refractivity contribution in [3.63, 3.8) is 0 Å². The lowest BCUT2D eigenvalue weighted by Crippen LogP contribution is -2.01. The number of H-pyrrole nitrogens is 1. The van der Waals surface area contributed by atoms with Crippen LogP contribution in [0.2, 0.25) is 0 Å². The molecule has 1 N–H and O–H groups in total. The van der Waals surface area contributed by atoms with Crippen LogP contribution < -0.4 is 0 Å². The highest BCUT2D eigenvalue weighted by Crippen LogP contribution is 2.28. The number of aromatic nitrogens is 2. The van der Waals surface area contributed by atoms with Crippen molar-refractivity contribution in [2.45, 2.75) is 0 Å². The zero-order valence-corrected chi connectivity index (χ0v) is 11.4. The lowest BCUT2D eigenvalue weighted by molar-refractivity contribution is 0.0600. The summed E-state index contributed by atoms with van der Waals surface area (Å²) in [6.45, 7) is 0. The van der Waals surface area contributed by atoms with E-state index in [0.717, 1.165) is 10.5 Å². The summed E-state index contributed by atoms with van der Waals surface area (Å²) < 4.78 is 19.5. The highest BCUT2D eigenvalue weighted by molar-refractivity contribution is 9.10. The Bertz CT molecular complexity index is 813. The molecule has 0 aliphatic heterocycles. The molecule has 0 saturated carbocycles. The molecule has 4 nitrogen and oxygen atoms in total. The molecule has 1 aromatic carbocycles. The number of rotatable bonds is 1. The van der Waals surface area contributed by atoms with E-state index in [2.05, 4.69) is 30.6 Å². The Kier molecular flexibility index (Phi) is 2.74. The van der Waals surface area contributed by atoms with E-state index < -0.39 is 11.8 Å². The molecule has 0 unspecified atom stereocenters. The van der Waals surface area contributed by atoms with Crippen molar-refractivity contribution in [3.8, 4) is 0 Å². The van der Waals surface area contributed by atoms with Gasteiger partial charge in [-0.3, -0.25) is 4.98 Å². The van der Waals surface area contributed by atoms with Crippen molar-refractivity contribution in [2.75, 3.05) is 7.11 Å². The molecule has 0 fully saturated rings. The van der Waals surface area contributed by atoms with E-state index >= 15 is 0 Å². The maximum Gasteiger partial charge on any atom is 0.338 e. The first kappa shape index (κ1) is 12.1. The van der Waals surface area contributed by atoms with Crippen LogP contribution in [0.3, 0.4) is 0 Å². The minimum atomic E-state index is -0.575. The number of pyridine rings is 1. The second-order valence-corrected chi connectivity index (χ2v) is 4.96. The summed E-state index contributed by atoms with van der Waals surface area (Å²) in [4.78, 5) is 18.7. The third kappa shape index (κ3) is 1.88. The van der Waals surface area contributed by atoms with Crippen molar-refractivity contribution in [2.24, 2.45) is 0 Å². The monoisotopic (exact) mass is 322 g/mol. The van der Waals surface area contributed by atoms with Gasteiger partial charge in [0.05, 0.1) is 34.6 Å². The normalized spacial score (nSPS) is 11.1. The highest BCUT2D eigenvalue weighted by atomic mass is 79.9. The van der Waals surface area contributed by atoms with Gasteiger partial charge in [-0.05, 0) is 34.1 Å². The van der Waals surface area contributed by atoms with Gasteiger partial charge in [-0.2, -0.15) is 0 Å². The zero-order valence-electron chi connectivity index (χ0n) is 9.83. The van der Waals surface area contributed by atoms with Gasteiger partial charge in [0.15, 0.2) is 0 Å². The number of hydrogen-bond acceptors (Lipinski definition) is 3. The standard InChI is InChI=1S/C13H8BrFN2O2/c1-19-13(18)6-2-8(15)11-9(3-6)17-10-4-7(14)5-16-12(10)11/h2-5,17H,1H3. The smallest absolute Gasteiger partial charge is 0.338 e. The van der Waals surface area contributed by atoms with Crippen LogP contribution in [0.1, 0.15) is 10.4 Å². The fourth-order valence-corrected chi connectivity index (χ4v) is 2.39. The average Bonchev–Trinajstić information content (AvgIpc) is 2.75. The molecule has 0 spiro atoms. The van der Waals surface area contributed by atoms with E-state index in [1.54, 1.807) is 18.3 Å². The summed E-state index contributed by atoms with van der Waals surface area (Å²) in [5, 5.41) is 0.371. The maximum atomic E-state index is 14.1. The number of aromatic amines is 1. The first-order valence-electron chi connectivity index (χ1n) is 5.45. The number of methoxy groups -OCH3 is 1. The van der Waals surface area contributed by atoms with E-state index in [9.17, 15) is 9.18 Å². The van der Waals surface area contributed by atoms with Gasteiger partial charge in [-0.25, -0.2) is 9.18 Å². The Hall–Kier alpha value is -1.95. The van der Waals surface area contributed by atoms with Gasteiger partial charge in [0.1, 0.15) is 5.82 Å². The number of hydrogen-bond donors (Lipinski definition) is 1. The predicted molar refractivity (Wildman–Crippen MR) is 72.6 cm³/mol. The number of esters is 1. The van der Waals surface area contributed by atoms with E-state index in [-0.39, 0.29) is 5.56 Å². The molecule has 0 radical (unpaired) electrons. The number of nitrogens with zero attached hydrogens (tertiary/aromatic N) is 1. The fraction of sp³-hybridized carbons (Fsp3) is 0.0769. The number of fused-ring (bicyclic) bond motifs is 3. The van der Waals surface area contributed by atoms with Crippen LogP contribution in [0, 0.1) is 5.82 Å². The molecule has 0 saturated heterocycles. The van der Waals surface area contributed by atoms with Crippen LogP contribution in [0.15, 0.2) is 28.9 Å². The maximum absolute atomic E-state index is 14.1. The van der Waals surface area contributed by atoms with Crippen molar-refractivity contribution in [1.29, 1.82) is 0 Å². The van der Waals surface area contributed by atoms with Gasteiger partial charge in [-0.15, -0.1) is 0 Å². The molecule has 2 heterocycles. The average molecular weight is 323 g/mol. The number of ether oxygens (including phenoxy) is 1. The van der Waals surface area contributed by atoms with Crippen LogP contribution in [0.4, 0.5) is 4.39 Å². The Morgan fingerprint density at radius 3 is 2.89 bits per heavy atom. The largest absolute Gasteiger partial charge is 0.465 e. The molecule has 6 heteroatoms. The molecule has 0 aliphatic rings. The van der Waals surface area contributed by atoms with Gasteiger partial charge in [0.25, 0.3) is 0 Å². The predicted octanol–water partition coefficient (Wildman–Crippen LogP) is 3.40. The Balaban J connectivity index is 2.37. The molecule has 19 heavy (non-hydrogen) atoms. The first-order valence-corrected chi connectivity index (χ1v) is 6.24. The van der Waals surface area contributed by atoms with Crippen LogP contribution in [-0.4, -0.2) is 23.0 Å². The first-order chi connectivity index (χ1) is 9.10. The summed E-state index contributed by atoms with van der Waals surface area (Å²) >= 11 is 3.31. The molecule has 3 aromatic rings. The number of nitrogens with one attached hydrogen (secondary N) is 1. The number of carbonyl (C=O) groups is 1. The third-order valence-electron chi connectivity index (χ3n) is 2.87. The van der Waals surface area contributed by atoms with Crippen LogP contribution in [0.25, 0.3) is 21.9 Å². The van der Waals surface area contributed by atoms with Crippen LogP contribution in [0.5, 0.6) is 0 Å². The topological polar surface area (TPSA) is 55.0 Å². The van der Waals surface area contributed by atoms with Crippen LogP contribution in [-0.2, 0) is 4.74 Å². The second kappa shape index (κ2) is 4.31. The SMILES string of the molecule is COC(=O)c1cc(F)c2c(c1)[nH]c1cc(Br)cnc12. The zero-order chi connectivity index (χ0) is 13.6. The van der Waals surface area contributed by atoms with E-state index in [0.29, 0.717) is 21.9 Å². The molecule has 0 atom stereocenters. The number of benzene rings is 1. The molecule has 0 amide bonds. The molecular weight excluding hydrogens is 315 g/mol. The Morgan fingerprint density at radius 1 is 1.37 bits per heavy atom. The third-order valence-corrected chi connectivity index (χ3v) is 3.31. The summed E-state index contributed by atoms with van der Waals surface area (Å²) in [7, 11) is 1.26. The molecular formula is C13H8BrFN2O2. The molecule has 0 bridgehead atoms. The van der Waals surface area contributed by atoms with Crippen molar-refractivity contribution in [1.82, 2.24) is 9.97 Å². The number of carbonyl (C=O) groups excluding carboxylic acids is 1. The Morgan fingerprint density at radius 2 is 2.16 bits per heavy atom. The minimum Gasteiger partial charge on any atom is -0.465 e. The molecule has 2 aromatic heterocycles. The minimum absolute atomic E-state index is 0.165. The van der Waals surface area contributed by atoms with Gasteiger partial charge >= 0.3 is 5.97 Å². The van der Waals surface area contributed by atoms with Crippen molar-refractivity contribution < 1.29 is 13.9 Å².